The molecule has 7 nitrogen and oxygen atoms in total. The number of alkyl halides is 3. The zero-order valence-electron chi connectivity index (χ0n) is 17.6. The van der Waals surface area contributed by atoms with Crippen LogP contribution in [-0.4, -0.2) is 33.6 Å². The molecule has 0 saturated heterocycles. The number of rotatable bonds is 5. The molecule has 0 atom stereocenters. The minimum absolute atomic E-state index is 0.110. The number of amides is 1. The van der Waals surface area contributed by atoms with E-state index in [1.54, 1.807) is 0 Å². The minimum Gasteiger partial charge on any atom is -0.352 e. The summed E-state index contributed by atoms with van der Waals surface area (Å²) >= 11 is 2.67. The van der Waals surface area contributed by atoms with Crippen molar-refractivity contribution in [1.82, 2.24) is 20.3 Å². The van der Waals surface area contributed by atoms with E-state index in [9.17, 15) is 22.8 Å². The monoisotopic (exact) mass is 505 g/mol. The summed E-state index contributed by atoms with van der Waals surface area (Å²) in [5.41, 5.74) is 3.57. The van der Waals surface area contributed by atoms with Gasteiger partial charge in [0, 0.05) is 29.6 Å². The Balaban J connectivity index is 1.36. The number of hydrogen-bond acceptors (Lipinski definition) is 7. The Labute approximate surface area is 198 Å². The highest BCUT2D eigenvalue weighted by atomic mass is 32.1. The molecule has 3 N–H and O–H groups in total. The molecule has 1 amide bonds. The number of aromatic nitrogens is 3. The summed E-state index contributed by atoms with van der Waals surface area (Å²) in [6, 6.07) is 5.60. The van der Waals surface area contributed by atoms with Crippen molar-refractivity contribution < 1.29 is 18.0 Å². The zero-order chi connectivity index (χ0) is 23.9. The van der Waals surface area contributed by atoms with Crippen molar-refractivity contribution in [2.75, 3.05) is 11.9 Å². The second-order valence-electron chi connectivity index (χ2n) is 7.89. The average molecular weight is 506 g/mol. The van der Waals surface area contributed by atoms with E-state index in [0.29, 0.717) is 25.1 Å². The van der Waals surface area contributed by atoms with Crippen LogP contribution in [0.5, 0.6) is 0 Å². The van der Waals surface area contributed by atoms with Gasteiger partial charge in [0.05, 0.1) is 22.0 Å². The highest BCUT2D eigenvalue weighted by Gasteiger charge is 2.27. The van der Waals surface area contributed by atoms with Gasteiger partial charge in [-0.2, -0.15) is 13.2 Å². The van der Waals surface area contributed by atoms with Crippen LogP contribution in [0.4, 0.5) is 24.7 Å². The molecule has 0 radical (unpaired) electrons. The molecule has 176 valence electrons. The Morgan fingerprint density at radius 2 is 2.06 bits per heavy atom. The van der Waals surface area contributed by atoms with E-state index in [-0.39, 0.29) is 4.87 Å². The van der Waals surface area contributed by atoms with Gasteiger partial charge in [-0.3, -0.25) is 9.59 Å². The second-order valence-corrected chi connectivity index (χ2v) is 9.99. The smallest absolute Gasteiger partial charge is 0.352 e. The second kappa shape index (κ2) is 8.84. The van der Waals surface area contributed by atoms with E-state index < -0.39 is 25.0 Å². The van der Waals surface area contributed by atoms with Gasteiger partial charge in [-0.1, -0.05) is 16.9 Å². The molecule has 0 saturated carbocycles. The van der Waals surface area contributed by atoms with E-state index in [1.807, 2.05) is 18.2 Å². The molecule has 3 heterocycles. The Bertz CT molecular complexity index is 1490. The number of carbonyl (C=O) groups is 1. The number of fused-ring (bicyclic) bond motifs is 4. The van der Waals surface area contributed by atoms with Gasteiger partial charge in [0.1, 0.15) is 17.0 Å². The molecule has 34 heavy (non-hydrogen) atoms. The SMILES string of the molecule is O=C(C=C1CCc2c(sc3ncnc(Nc4ccc5[nH]c(=O)sc5c4)c23)C1)NCCC(F)(F)F. The van der Waals surface area contributed by atoms with Gasteiger partial charge in [0.2, 0.25) is 5.91 Å². The number of carbonyl (C=O) groups excluding carboxylic acids is 1. The Morgan fingerprint density at radius 3 is 2.88 bits per heavy atom. The number of aromatic amines is 1. The summed E-state index contributed by atoms with van der Waals surface area (Å²) in [7, 11) is 0. The number of allylic oxidation sites excluding steroid dienone is 1. The van der Waals surface area contributed by atoms with E-state index in [2.05, 4.69) is 25.6 Å². The van der Waals surface area contributed by atoms with Crippen LogP contribution < -0.4 is 15.5 Å². The zero-order valence-corrected chi connectivity index (χ0v) is 19.2. The van der Waals surface area contributed by atoms with E-state index >= 15 is 0 Å². The van der Waals surface area contributed by atoms with Crippen LogP contribution in [0.1, 0.15) is 23.3 Å². The first-order valence-corrected chi connectivity index (χ1v) is 12.1. The maximum Gasteiger partial charge on any atom is 0.390 e. The average Bonchev–Trinajstić information content (AvgIpc) is 3.31. The van der Waals surface area contributed by atoms with Crippen LogP contribution in [0, 0.1) is 0 Å². The standard InChI is InChI=1S/C22H18F3N5O2S2/c23-22(24,25)5-6-26-17(31)8-11-1-3-13-15(7-11)33-20-18(13)19(27-10-28-20)29-12-2-4-14-16(9-12)34-21(32)30-14/h2,4,8-10H,1,3,5-7H2,(H,26,31)(H,30,32)(H,27,28,29). The van der Waals surface area contributed by atoms with Crippen LogP contribution in [0.15, 0.2) is 41.0 Å². The number of aryl methyl sites for hydroxylation is 1. The topological polar surface area (TPSA) is 99.8 Å². The van der Waals surface area contributed by atoms with Crippen molar-refractivity contribution >= 4 is 60.5 Å². The molecular formula is C22H18F3N5O2S2. The normalized spacial score (nSPS) is 15.1. The molecule has 0 bridgehead atoms. The number of halogens is 3. The van der Waals surface area contributed by atoms with Gasteiger partial charge in [0.25, 0.3) is 0 Å². The maximum absolute atomic E-state index is 12.3. The molecule has 0 aliphatic heterocycles. The first kappa shape index (κ1) is 22.5. The van der Waals surface area contributed by atoms with E-state index in [1.165, 1.54) is 23.7 Å². The third-order valence-electron chi connectivity index (χ3n) is 5.48. The lowest BCUT2D eigenvalue weighted by Crippen LogP contribution is -2.26. The number of benzene rings is 1. The lowest BCUT2D eigenvalue weighted by molar-refractivity contribution is -0.134. The molecule has 1 aromatic carbocycles. The quantitative estimate of drug-likeness (QED) is 0.338. The molecule has 12 heteroatoms. The minimum atomic E-state index is -4.29. The number of anilines is 2. The summed E-state index contributed by atoms with van der Waals surface area (Å²) in [6.07, 6.45) is -0.591. The van der Waals surface area contributed by atoms with Gasteiger partial charge < -0.3 is 15.6 Å². The highest BCUT2D eigenvalue weighted by Crippen LogP contribution is 2.40. The number of nitrogens with zero attached hydrogens (tertiary/aromatic N) is 2. The van der Waals surface area contributed by atoms with Crippen molar-refractivity contribution in [3.05, 3.63) is 56.3 Å². The predicted octanol–water partition coefficient (Wildman–Crippen LogP) is 4.82. The summed E-state index contributed by atoms with van der Waals surface area (Å²) < 4.78 is 37.7. The molecule has 3 aromatic heterocycles. The van der Waals surface area contributed by atoms with Crippen molar-refractivity contribution in [2.45, 2.75) is 31.9 Å². The first-order valence-electron chi connectivity index (χ1n) is 10.4. The van der Waals surface area contributed by atoms with Crippen LogP contribution in [-0.2, 0) is 17.6 Å². The van der Waals surface area contributed by atoms with Crippen LogP contribution in [0.25, 0.3) is 20.4 Å². The Morgan fingerprint density at radius 1 is 1.21 bits per heavy atom. The number of nitrogens with one attached hydrogen (secondary N) is 3. The van der Waals surface area contributed by atoms with Gasteiger partial charge >= 0.3 is 11.0 Å². The molecule has 0 spiro atoms. The van der Waals surface area contributed by atoms with Crippen LogP contribution in [0.2, 0.25) is 0 Å². The fourth-order valence-electron chi connectivity index (χ4n) is 3.97. The van der Waals surface area contributed by atoms with E-state index in [0.717, 1.165) is 53.5 Å². The van der Waals surface area contributed by atoms with Crippen molar-refractivity contribution in [3.8, 4) is 0 Å². The summed E-state index contributed by atoms with van der Waals surface area (Å²) in [4.78, 5) is 37.0. The van der Waals surface area contributed by atoms with Crippen molar-refractivity contribution in [3.63, 3.8) is 0 Å². The van der Waals surface area contributed by atoms with Gasteiger partial charge in [-0.25, -0.2) is 9.97 Å². The number of hydrogen-bond donors (Lipinski definition) is 3. The maximum atomic E-state index is 12.3. The molecule has 0 unspecified atom stereocenters. The van der Waals surface area contributed by atoms with Crippen LogP contribution >= 0.6 is 22.7 Å². The lowest BCUT2D eigenvalue weighted by Gasteiger charge is -2.16. The number of H-pyrrole nitrogens is 1. The number of thiophene rings is 1. The summed E-state index contributed by atoms with van der Waals surface area (Å²) in [6.45, 7) is -0.434. The third kappa shape index (κ3) is 4.82. The van der Waals surface area contributed by atoms with Crippen molar-refractivity contribution in [1.29, 1.82) is 0 Å². The summed E-state index contributed by atoms with van der Waals surface area (Å²) in [5.74, 6) is 0.162. The third-order valence-corrected chi connectivity index (χ3v) is 7.47. The molecular weight excluding hydrogens is 487 g/mol. The predicted molar refractivity (Wildman–Crippen MR) is 127 cm³/mol. The van der Waals surface area contributed by atoms with Gasteiger partial charge in [0.15, 0.2) is 0 Å². The molecule has 0 fully saturated rings. The van der Waals surface area contributed by atoms with Gasteiger partial charge in [-0.15, -0.1) is 11.3 Å². The lowest BCUT2D eigenvalue weighted by atomic mass is 9.92. The summed E-state index contributed by atoms with van der Waals surface area (Å²) in [5, 5.41) is 6.57. The molecule has 1 aliphatic rings. The Kier molecular flexibility index (Phi) is 5.86. The van der Waals surface area contributed by atoms with E-state index in [4.69, 9.17) is 0 Å². The van der Waals surface area contributed by atoms with Gasteiger partial charge in [-0.05, 0) is 36.6 Å². The highest BCUT2D eigenvalue weighted by molar-refractivity contribution is 7.19. The molecule has 1 aliphatic carbocycles. The Hall–Kier alpha value is -3.25. The fourth-order valence-corrected chi connectivity index (χ4v) is 5.98. The largest absolute Gasteiger partial charge is 0.390 e. The fraction of sp³-hybridized carbons (Fsp3) is 0.273. The van der Waals surface area contributed by atoms with Crippen molar-refractivity contribution in [2.24, 2.45) is 0 Å². The number of thiazole rings is 1. The van der Waals surface area contributed by atoms with Crippen LogP contribution in [0.3, 0.4) is 0 Å². The molecule has 5 rings (SSSR count). The molecule has 4 aromatic rings. The first-order chi connectivity index (χ1) is 16.2.